The van der Waals surface area contributed by atoms with E-state index >= 15 is 0 Å². The summed E-state index contributed by atoms with van der Waals surface area (Å²) in [6.07, 6.45) is 1.53. The van der Waals surface area contributed by atoms with Crippen molar-refractivity contribution in [2.45, 2.75) is 13.8 Å². The number of amides is 2. The van der Waals surface area contributed by atoms with Gasteiger partial charge >= 0.3 is 0 Å². The molecule has 6 nitrogen and oxygen atoms in total. The van der Waals surface area contributed by atoms with Gasteiger partial charge in [0.1, 0.15) is 12.2 Å². The minimum Gasteiger partial charge on any atom is -0.326 e. The molecule has 0 N–H and O–H groups in total. The molecule has 0 spiro atoms. The van der Waals surface area contributed by atoms with Gasteiger partial charge in [-0.25, -0.2) is 4.98 Å². The molecule has 1 saturated heterocycles. The summed E-state index contributed by atoms with van der Waals surface area (Å²) in [5.74, 6) is -1.46. The van der Waals surface area contributed by atoms with Gasteiger partial charge < -0.3 is 9.80 Å². The first-order valence-electron chi connectivity index (χ1n) is 8.75. The molecule has 3 heterocycles. The number of carbonyl (C=O) groups excluding carboxylic acids is 2. The fraction of sp³-hybridized carbons (Fsp3) is 0.250. The molecule has 1 aliphatic heterocycles. The first-order chi connectivity index (χ1) is 13.0. The highest BCUT2D eigenvalue weighted by molar-refractivity contribution is 6.01. The van der Waals surface area contributed by atoms with E-state index in [9.17, 15) is 14.0 Å². The van der Waals surface area contributed by atoms with Crippen LogP contribution >= 0.6 is 0 Å². The maximum absolute atomic E-state index is 14.6. The lowest BCUT2D eigenvalue weighted by Gasteiger charge is -2.34. The predicted molar refractivity (Wildman–Crippen MR) is 99.3 cm³/mol. The number of piperazine rings is 1. The number of anilines is 1. The minimum absolute atomic E-state index is 0.0982. The van der Waals surface area contributed by atoms with E-state index in [4.69, 9.17) is 0 Å². The maximum atomic E-state index is 14.6. The molecule has 2 amide bonds. The normalized spacial score (nSPS) is 14.9. The third-order valence-corrected chi connectivity index (χ3v) is 4.84. The second-order valence-corrected chi connectivity index (χ2v) is 6.74. The Hall–Kier alpha value is -3.22. The standard InChI is InChI=1S/C20H19FN4O2/c1-13-5-7-15(8-6-13)24-11-10-23(12-16(24)26)20(27)17-18(21)25-9-3-4-14(2)19(25)22-17/h3-9H,10-12H2,1-2H3. The molecule has 3 aromatic rings. The summed E-state index contributed by atoms with van der Waals surface area (Å²) in [5, 5.41) is 0. The Labute approximate surface area is 155 Å². The lowest BCUT2D eigenvalue weighted by molar-refractivity contribution is -0.120. The number of hydrogen-bond acceptors (Lipinski definition) is 3. The van der Waals surface area contributed by atoms with E-state index in [2.05, 4.69) is 4.98 Å². The lowest BCUT2D eigenvalue weighted by Crippen LogP contribution is -2.52. The Kier molecular flexibility index (Phi) is 4.14. The number of fused-ring (bicyclic) bond motifs is 1. The summed E-state index contributed by atoms with van der Waals surface area (Å²) in [7, 11) is 0. The fourth-order valence-corrected chi connectivity index (χ4v) is 3.31. The van der Waals surface area contributed by atoms with Crippen LogP contribution in [0.15, 0.2) is 42.6 Å². The first kappa shape index (κ1) is 17.2. The Morgan fingerprint density at radius 1 is 1.11 bits per heavy atom. The number of pyridine rings is 1. The van der Waals surface area contributed by atoms with Crippen LogP contribution in [-0.2, 0) is 4.79 Å². The number of halogens is 1. The molecular formula is C20H19FN4O2. The summed E-state index contributed by atoms with van der Waals surface area (Å²) >= 11 is 0. The fourth-order valence-electron chi connectivity index (χ4n) is 3.31. The maximum Gasteiger partial charge on any atom is 0.277 e. The molecule has 0 radical (unpaired) electrons. The van der Waals surface area contributed by atoms with Crippen LogP contribution in [-0.4, -0.2) is 45.7 Å². The van der Waals surface area contributed by atoms with Crippen LogP contribution in [0.4, 0.5) is 10.1 Å². The smallest absolute Gasteiger partial charge is 0.277 e. The molecule has 0 unspecified atom stereocenters. The van der Waals surface area contributed by atoms with Crippen LogP contribution in [0.3, 0.4) is 0 Å². The molecule has 0 bridgehead atoms. The Bertz CT molecular complexity index is 1040. The third kappa shape index (κ3) is 2.95. The molecule has 0 saturated carbocycles. The van der Waals surface area contributed by atoms with E-state index in [0.717, 1.165) is 16.8 Å². The van der Waals surface area contributed by atoms with Gasteiger partial charge in [0.05, 0.1) is 0 Å². The van der Waals surface area contributed by atoms with Gasteiger partial charge in [0.25, 0.3) is 5.91 Å². The van der Waals surface area contributed by atoms with E-state index in [1.165, 1.54) is 15.5 Å². The molecule has 1 aromatic carbocycles. The summed E-state index contributed by atoms with van der Waals surface area (Å²) in [5.41, 5.74) is 2.84. The van der Waals surface area contributed by atoms with Crippen molar-refractivity contribution < 1.29 is 14.0 Å². The van der Waals surface area contributed by atoms with E-state index in [1.54, 1.807) is 24.0 Å². The van der Waals surface area contributed by atoms with Crippen LogP contribution < -0.4 is 4.90 Å². The van der Waals surface area contributed by atoms with Gasteiger partial charge in [0.15, 0.2) is 5.69 Å². The average molecular weight is 366 g/mol. The van der Waals surface area contributed by atoms with Crippen LogP contribution in [0.2, 0.25) is 0 Å². The SMILES string of the molecule is Cc1ccc(N2CCN(C(=O)c3nc4c(C)cccn4c3F)CC2=O)cc1. The molecule has 138 valence electrons. The highest BCUT2D eigenvalue weighted by Gasteiger charge is 2.31. The van der Waals surface area contributed by atoms with Gasteiger partial charge in [-0.15, -0.1) is 0 Å². The van der Waals surface area contributed by atoms with Crippen molar-refractivity contribution >= 4 is 23.1 Å². The van der Waals surface area contributed by atoms with Crippen molar-refractivity contribution in [3.05, 3.63) is 65.4 Å². The zero-order valence-corrected chi connectivity index (χ0v) is 15.1. The van der Waals surface area contributed by atoms with Gasteiger partial charge in [0, 0.05) is 25.0 Å². The first-order valence-corrected chi connectivity index (χ1v) is 8.75. The Morgan fingerprint density at radius 2 is 1.85 bits per heavy atom. The summed E-state index contributed by atoms with van der Waals surface area (Å²) < 4.78 is 15.9. The summed E-state index contributed by atoms with van der Waals surface area (Å²) in [6.45, 7) is 4.37. The highest BCUT2D eigenvalue weighted by atomic mass is 19.1. The van der Waals surface area contributed by atoms with Crippen molar-refractivity contribution in [1.82, 2.24) is 14.3 Å². The number of carbonyl (C=O) groups is 2. The van der Waals surface area contributed by atoms with Crippen LogP contribution in [0.1, 0.15) is 21.6 Å². The quantitative estimate of drug-likeness (QED) is 0.700. The van der Waals surface area contributed by atoms with E-state index < -0.39 is 11.9 Å². The Balaban J connectivity index is 1.56. The zero-order chi connectivity index (χ0) is 19.1. The van der Waals surface area contributed by atoms with Crippen LogP contribution in [0, 0.1) is 19.8 Å². The second kappa shape index (κ2) is 6.50. The number of benzene rings is 1. The molecule has 2 aromatic heterocycles. The molecule has 4 rings (SSSR count). The van der Waals surface area contributed by atoms with Gasteiger partial charge in [-0.05, 0) is 37.6 Å². The number of imidazole rings is 1. The van der Waals surface area contributed by atoms with E-state index in [0.29, 0.717) is 18.7 Å². The van der Waals surface area contributed by atoms with Gasteiger partial charge in [-0.1, -0.05) is 23.8 Å². The van der Waals surface area contributed by atoms with Crippen molar-refractivity contribution in [3.8, 4) is 0 Å². The minimum atomic E-state index is -0.702. The third-order valence-electron chi connectivity index (χ3n) is 4.84. The molecule has 27 heavy (non-hydrogen) atoms. The van der Waals surface area contributed by atoms with Crippen molar-refractivity contribution in [1.29, 1.82) is 0 Å². The summed E-state index contributed by atoms with van der Waals surface area (Å²) in [4.78, 5) is 32.5. The van der Waals surface area contributed by atoms with E-state index in [-0.39, 0.29) is 18.1 Å². The number of rotatable bonds is 2. The molecule has 0 atom stereocenters. The van der Waals surface area contributed by atoms with Crippen molar-refractivity contribution in [3.63, 3.8) is 0 Å². The zero-order valence-electron chi connectivity index (χ0n) is 15.1. The van der Waals surface area contributed by atoms with E-state index in [1.807, 2.05) is 31.2 Å². The van der Waals surface area contributed by atoms with Crippen LogP contribution in [0.5, 0.6) is 0 Å². The topological polar surface area (TPSA) is 57.9 Å². The molecule has 1 fully saturated rings. The van der Waals surface area contributed by atoms with Crippen molar-refractivity contribution in [2.24, 2.45) is 0 Å². The van der Waals surface area contributed by atoms with Gasteiger partial charge in [-0.2, -0.15) is 4.39 Å². The average Bonchev–Trinajstić information content (AvgIpc) is 3.00. The molecular weight excluding hydrogens is 347 g/mol. The summed E-state index contributed by atoms with van der Waals surface area (Å²) in [6, 6.07) is 11.2. The van der Waals surface area contributed by atoms with Gasteiger partial charge in [-0.3, -0.25) is 14.0 Å². The number of hydrogen-bond donors (Lipinski definition) is 0. The number of aromatic nitrogens is 2. The second-order valence-electron chi connectivity index (χ2n) is 6.74. The monoisotopic (exact) mass is 366 g/mol. The predicted octanol–water partition coefficient (Wildman–Crippen LogP) is 2.58. The lowest BCUT2D eigenvalue weighted by atomic mass is 10.2. The largest absolute Gasteiger partial charge is 0.326 e. The molecule has 7 heteroatoms. The van der Waals surface area contributed by atoms with Crippen molar-refractivity contribution in [2.75, 3.05) is 24.5 Å². The Morgan fingerprint density at radius 3 is 2.52 bits per heavy atom. The van der Waals surface area contributed by atoms with Crippen LogP contribution in [0.25, 0.3) is 5.65 Å². The van der Waals surface area contributed by atoms with Gasteiger partial charge in [0.2, 0.25) is 11.9 Å². The highest BCUT2D eigenvalue weighted by Crippen LogP contribution is 2.20. The molecule has 0 aliphatic carbocycles. The number of nitrogens with zero attached hydrogens (tertiary/aromatic N) is 4. The molecule has 1 aliphatic rings. The number of aryl methyl sites for hydroxylation is 2.